The minimum atomic E-state index is -2.43. The fourth-order valence-corrected chi connectivity index (χ4v) is 2.70. The number of pyridine rings is 1. The number of aromatic nitrogens is 5. The molecule has 0 amide bonds. The second-order valence-corrected chi connectivity index (χ2v) is 5.37. The first kappa shape index (κ1) is 12.0. The minimum absolute atomic E-state index is 0.190. The molecule has 0 fully saturated rings. The minimum Gasteiger partial charge on any atom is -0.493 e. The average Bonchev–Trinajstić information content (AvgIpc) is 3.13. The highest BCUT2D eigenvalue weighted by molar-refractivity contribution is 5.94. The van der Waals surface area contributed by atoms with Crippen molar-refractivity contribution in [3.63, 3.8) is 0 Å². The number of nitrogen functional groups attached to an aromatic ring is 1. The van der Waals surface area contributed by atoms with Crippen LogP contribution in [-0.2, 0) is 6.98 Å². The van der Waals surface area contributed by atoms with Crippen LogP contribution in [-0.4, -0.2) is 31.8 Å². The lowest BCUT2D eigenvalue weighted by Crippen LogP contribution is -1.99. The van der Waals surface area contributed by atoms with E-state index in [0.717, 1.165) is 10.2 Å². The SMILES string of the molecule is [2H]C([2H])([2H])n1cc(-c2ncnc3cc(OC)c(N)nc23)c(-c2ccccc2)n1. The molecule has 0 aliphatic carbocycles. The quantitative estimate of drug-likeness (QED) is 0.619. The topological polar surface area (TPSA) is 91.7 Å². The molecule has 0 spiro atoms. The van der Waals surface area contributed by atoms with Gasteiger partial charge < -0.3 is 10.5 Å². The van der Waals surface area contributed by atoms with Crippen LogP contribution in [0.25, 0.3) is 33.5 Å². The zero-order valence-electron chi connectivity index (χ0n) is 16.3. The standard InChI is InChI=1S/C18H16N6O/c1-24-9-12(15(23-24)11-6-4-3-5-7-11)16-17-13(20-10-21-16)8-14(25-2)18(19)22-17/h3-10H,1-2H3,(H2,19,22)/i1D3. The molecule has 0 radical (unpaired) electrons. The van der Waals surface area contributed by atoms with Crippen molar-refractivity contribution in [2.24, 2.45) is 6.98 Å². The first-order valence-electron chi connectivity index (χ1n) is 8.99. The maximum absolute atomic E-state index is 7.71. The third kappa shape index (κ3) is 2.55. The Morgan fingerprint density at radius 2 is 2.00 bits per heavy atom. The smallest absolute Gasteiger partial charge is 0.166 e. The van der Waals surface area contributed by atoms with Gasteiger partial charge in [0.25, 0.3) is 0 Å². The zero-order valence-corrected chi connectivity index (χ0v) is 13.3. The average molecular weight is 335 g/mol. The van der Waals surface area contributed by atoms with E-state index in [1.807, 2.05) is 30.3 Å². The van der Waals surface area contributed by atoms with E-state index in [4.69, 9.17) is 14.6 Å². The van der Waals surface area contributed by atoms with Crippen molar-refractivity contribution in [2.75, 3.05) is 12.8 Å². The van der Waals surface area contributed by atoms with Crippen molar-refractivity contribution >= 4 is 16.9 Å². The van der Waals surface area contributed by atoms with Crippen molar-refractivity contribution in [1.82, 2.24) is 24.7 Å². The van der Waals surface area contributed by atoms with Gasteiger partial charge in [-0.05, 0) is 0 Å². The van der Waals surface area contributed by atoms with Gasteiger partial charge in [0.05, 0.1) is 12.6 Å². The summed E-state index contributed by atoms with van der Waals surface area (Å²) in [5.74, 6) is 0.592. The summed E-state index contributed by atoms with van der Waals surface area (Å²) in [7, 11) is 1.50. The lowest BCUT2D eigenvalue weighted by atomic mass is 10.0. The van der Waals surface area contributed by atoms with Gasteiger partial charge in [-0.3, -0.25) is 4.68 Å². The van der Waals surface area contributed by atoms with Crippen LogP contribution in [0.3, 0.4) is 0 Å². The molecule has 3 heterocycles. The van der Waals surface area contributed by atoms with Crippen molar-refractivity contribution in [1.29, 1.82) is 0 Å². The van der Waals surface area contributed by atoms with Crippen molar-refractivity contribution in [2.45, 2.75) is 0 Å². The number of benzene rings is 1. The summed E-state index contributed by atoms with van der Waals surface area (Å²) >= 11 is 0. The maximum atomic E-state index is 7.71. The van der Waals surface area contributed by atoms with Gasteiger partial charge in [0.15, 0.2) is 11.6 Å². The molecule has 0 aliphatic rings. The van der Waals surface area contributed by atoms with Gasteiger partial charge in [0, 0.05) is 34.5 Å². The highest BCUT2D eigenvalue weighted by Crippen LogP contribution is 2.34. The molecule has 7 heteroatoms. The number of anilines is 1. The van der Waals surface area contributed by atoms with Gasteiger partial charge in [-0.1, -0.05) is 30.3 Å². The van der Waals surface area contributed by atoms with Crippen LogP contribution in [0.15, 0.2) is 48.9 Å². The summed E-state index contributed by atoms with van der Waals surface area (Å²) in [4.78, 5) is 13.0. The number of nitrogens with zero attached hydrogens (tertiary/aromatic N) is 5. The van der Waals surface area contributed by atoms with Crippen molar-refractivity contribution in [3.05, 3.63) is 48.9 Å². The number of aryl methyl sites for hydroxylation is 1. The first-order valence-corrected chi connectivity index (χ1v) is 7.49. The van der Waals surface area contributed by atoms with Gasteiger partial charge in [0.2, 0.25) is 0 Å². The Morgan fingerprint density at radius 3 is 2.76 bits per heavy atom. The lowest BCUT2D eigenvalue weighted by Gasteiger charge is -2.08. The third-order valence-corrected chi connectivity index (χ3v) is 3.84. The number of methoxy groups -OCH3 is 1. The Bertz CT molecular complexity index is 1160. The molecule has 0 bridgehead atoms. The molecule has 2 N–H and O–H groups in total. The van der Waals surface area contributed by atoms with E-state index in [1.165, 1.54) is 19.6 Å². The molecule has 0 saturated carbocycles. The van der Waals surface area contributed by atoms with E-state index in [0.29, 0.717) is 33.7 Å². The number of hydrogen-bond acceptors (Lipinski definition) is 6. The Hall–Kier alpha value is -3.48. The Kier molecular flexibility index (Phi) is 2.81. The van der Waals surface area contributed by atoms with Crippen LogP contribution >= 0.6 is 0 Å². The largest absolute Gasteiger partial charge is 0.493 e. The summed E-state index contributed by atoms with van der Waals surface area (Å²) < 4.78 is 29.3. The predicted octanol–water partition coefficient (Wildman–Crippen LogP) is 2.68. The summed E-state index contributed by atoms with van der Waals surface area (Å²) in [5.41, 5.74) is 9.12. The number of hydrogen-bond donors (Lipinski definition) is 1. The second kappa shape index (κ2) is 5.86. The van der Waals surface area contributed by atoms with E-state index in [9.17, 15) is 0 Å². The summed E-state index contributed by atoms with van der Waals surface area (Å²) in [5, 5.41) is 4.30. The van der Waals surface area contributed by atoms with Gasteiger partial charge in [-0.15, -0.1) is 0 Å². The Balaban J connectivity index is 2.01. The number of fused-ring (bicyclic) bond motifs is 1. The molecule has 0 atom stereocenters. The molecule has 7 nitrogen and oxygen atoms in total. The van der Waals surface area contributed by atoms with Gasteiger partial charge in [-0.2, -0.15) is 5.10 Å². The van der Waals surface area contributed by atoms with Gasteiger partial charge in [-0.25, -0.2) is 15.0 Å². The van der Waals surface area contributed by atoms with Crippen LogP contribution in [0.4, 0.5) is 5.82 Å². The van der Waals surface area contributed by atoms with Gasteiger partial charge in [0.1, 0.15) is 23.2 Å². The molecule has 4 aromatic rings. The van der Waals surface area contributed by atoms with E-state index in [1.54, 1.807) is 6.07 Å². The molecule has 25 heavy (non-hydrogen) atoms. The first-order chi connectivity index (χ1) is 13.4. The molecule has 1 aromatic carbocycles. The number of rotatable bonds is 3. The Labute approximate surface area is 148 Å². The molecule has 4 rings (SSSR count). The highest BCUT2D eigenvalue weighted by Gasteiger charge is 2.18. The van der Waals surface area contributed by atoms with E-state index < -0.39 is 6.98 Å². The Morgan fingerprint density at radius 1 is 1.16 bits per heavy atom. The van der Waals surface area contributed by atoms with Crippen molar-refractivity contribution in [3.8, 4) is 28.3 Å². The molecule has 0 unspecified atom stereocenters. The van der Waals surface area contributed by atoms with Crippen LogP contribution in [0.1, 0.15) is 4.11 Å². The second-order valence-electron chi connectivity index (χ2n) is 5.37. The number of ether oxygens (including phenoxy) is 1. The fourth-order valence-electron chi connectivity index (χ4n) is 2.70. The molecule has 124 valence electrons. The van der Waals surface area contributed by atoms with Crippen LogP contribution < -0.4 is 10.5 Å². The normalized spacial score (nSPS) is 13.2. The molecule has 0 saturated heterocycles. The lowest BCUT2D eigenvalue weighted by molar-refractivity contribution is 0.416. The molecule has 3 aromatic heterocycles. The maximum Gasteiger partial charge on any atom is 0.166 e. The summed E-state index contributed by atoms with van der Waals surface area (Å²) in [6, 6.07) is 10.9. The van der Waals surface area contributed by atoms with Gasteiger partial charge >= 0.3 is 0 Å². The van der Waals surface area contributed by atoms with E-state index >= 15 is 0 Å². The molecular weight excluding hydrogens is 316 g/mol. The monoisotopic (exact) mass is 335 g/mol. The third-order valence-electron chi connectivity index (χ3n) is 3.84. The summed E-state index contributed by atoms with van der Waals surface area (Å²) in [6.45, 7) is -2.43. The molecular formula is C18H16N6O. The van der Waals surface area contributed by atoms with Crippen LogP contribution in [0.2, 0.25) is 0 Å². The predicted molar refractivity (Wildman–Crippen MR) is 95.9 cm³/mol. The van der Waals surface area contributed by atoms with Crippen molar-refractivity contribution < 1.29 is 8.85 Å². The van der Waals surface area contributed by atoms with Crippen LogP contribution in [0, 0.1) is 0 Å². The van der Waals surface area contributed by atoms with E-state index in [2.05, 4.69) is 20.1 Å². The molecule has 0 aliphatic heterocycles. The number of nitrogens with two attached hydrogens (primary N) is 1. The summed E-state index contributed by atoms with van der Waals surface area (Å²) in [6.07, 6.45) is 2.83. The van der Waals surface area contributed by atoms with Crippen LogP contribution in [0.5, 0.6) is 5.75 Å². The highest BCUT2D eigenvalue weighted by atomic mass is 16.5. The fraction of sp³-hybridized carbons (Fsp3) is 0.111. The zero-order chi connectivity index (χ0) is 19.9. The van der Waals surface area contributed by atoms with E-state index in [-0.39, 0.29) is 5.82 Å².